The number of carbonyl (C=O) groups excluding carboxylic acids is 2. The lowest BCUT2D eigenvalue weighted by atomic mass is 10.1. The summed E-state index contributed by atoms with van der Waals surface area (Å²) in [5.41, 5.74) is -0.345. The number of nitrogens with one attached hydrogen (secondary N) is 2. The van der Waals surface area contributed by atoms with Crippen LogP contribution in [-0.2, 0) is 0 Å². The van der Waals surface area contributed by atoms with Crippen molar-refractivity contribution in [1.82, 2.24) is 4.98 Å². The molecule has 1 amide bonds. The standard InChI is InChI=1S/C18H12F2N2O3/c1-9(23)10-2-4-12(5-3-10)22-18(25)13-8-21-15-7-11(19)6-14(20)16(15)17(13)24/h2-8H,1H3,(H,21,24)(H,22,25). The Balaban J connectivity index is 1.96. The van der Waals surface area contributed by atoms with Crippen molar-refractivity contribution in [1.29, 1.82) is 0 Å². The molecule has 1 heterocycles. The van der Waals surface area contributed by atoms with Gasteiger partial charge in [-0.3, -0.25) is 14.4 Å². The number of pyridine rings is 1. The molecule has 0 atom stereocenters. The van der Waals surface area contributed by atoms with E-state index < -0.39 is 23.0 Å². The van der Waals surface area contributed by atoms with Crippen LogP contribution in [0, 0.1) is 11.6 Å². The monoisotopic (exact) mass is 342 g/mol. The van der Waals surface area contributed by atoms with Crippen molar-refractivity contribution >= 4 is 28.3 Å². The molecular formula is C18H12F2N2O3. The molecule has 0 radical (unpaired) electrons. The summed E-state index contributed by atoms with van der Waals surface area (Å²) in [7, 11) is 0. The summed E-state index contributed by atoms with van der Waals surface area (Å²) in [6.45, 7) is 1.42. The van der Waals surface area contributed by atoms with E-state index >= 15 is 0 Å². The first-order valence-corrected chi connectivity index (χ1v) is 7.29. The third-order valence-corrected chi connectivity index (χ3v) is 3.69. The Morgan fingerprint density at radius 1 is 1.08 bits per heavy atom. The average Bonchev–Trinajstić information content (AvgIpc) is 2.54. The first-order valence-electron chi connectivity index (χ1n) is 7.29. The number of amides is 1. The molecule has 0 spiro atoms. The number of fused-ring (bicyclic) bond motifs is 1. The predicted molar refractivity (Wildman–Crippen MR) is 88.9 cm³/mol. The number of aromatic nitrogens is 1. The number of hydrogen-bond acceptors (Lipinski definition) is 3. The molecule has 0 aliphatic heterocycles. The van der Waals surface area contributed by atoms with E-state index in [1.54, 1.807) is 0 Å². The molecule has 0 saturated carbocycles. The third-order valence-electron chi connectivity index (χ3n) is 3.69. The van der Waals surface area contributed by atoms with Gasteiger partial charge in [0.05, 0.1) is 10.9 Å². The van der Waals surface area contributed by atoms with Gasteiger partial charge in [0.1, 0.15) is 17.2 Å². The van der Waals surface area contributed by atoms with Crippen molar-refractivity contribution < 1.29 is 18.4 Å². The molecule has 0 aliphatic rings. The van der Waals surface area contributed by atoms with E-state index in [2.05, 4.69) is 10.3 Å². The summed E-state index contributed by atoms with van der Waals surface area (Å²) >= 11 is 0. The van der Waals surface area contributed by atoms with Gasteiger partial charge in [0.15, 0.2) is 5.78 Å². The highest BCUT2D eigenvalue weighted by Crippen LogP contribution is 2.16. The van der Waals surface area contributed by atoms with Gasteiger partial charge in [0, 0.05) is 23.5 Å². The number of Topliss-reactive ketones (excluding diaryl/α,β-unsaturated/α-hetero) is 1. The van der Waals surface area contributed by atoms with E-state index in [1.165, 1.54) is 31.2 Å². The quantitative estimate of drug-likeness (QED) is 0.717. The molecule has 3 rings (SSSR count). The maximum atomic E-state index is 13.9. The van der Waals surface area contributed by atoms with Gasteiger partial charge in [-0.05, 0) is 37.3 Å². The van der Waals surface area contributed by atoms with Crippen LogP contribution in [0.15, 0.2) is 47.4 Å². The molecule has 3 aromatic rings. The fraction of sp³-hybridized carbons (Fsp3) is 0.0556. The van der Waals surface area contributed by atoms with Gasteiger partial charge in [-0.1, -0.05) is 0 Å². The van der Waals surface area contributed by atoms with Crippen molar-refractivity contribution in [2.24, 2.45) is 0 Å². The van der Waals surface area contributed by atoms with Crippen LogP contribution in [0.3, 0.4) is 0 Å². The molecule has 0 unspecified atom stereocenters. The van der Waals surface area contributed by atoms with Crippen molar-refractivity contribution in [2.45, 2.75) is 6.92 Å². The van der Waals surface area contributed by atoms with E-state index in [9.17, 15) is 23.2 Å². The summed E-state index contributed by atoms with van der Waals surface area (Å²) < 4.78 is 27.1. The summed E-state index contributed by atoms with van der Waals surface area (Å²) in [4.78, 5) is 38.4. The van der Waals surface area contributed by atoms with Gasteiger partial charge in [-0.25, -0.2) is 8.78 Å². The Hall–Kier alpha value is -3.35. The first kappa shape index (κ1) is 16.5. The highest BCUT2D eigenvalue weighted by Gasteiger charge is 2.16. The van der Waals surface area contributed by atoms with Gasteiger partial charge < -0.3 is 10.3 Å². The van der Waals surface area contributed by atoms with E-state index in [4.69, 9.17) is 0 Å². The van der Waals surface area contributed by atoms with Gasteiger partial charge in [0.2, 0.25) is 5.43 Å². The number of carbonyl (C=O) groups is 2. The molecule has 0 aliphatic carbocycles. The van der Waals surface area contributed by atoms with Crippen LogP contribution in [0.2, 0.25) is 0 Å². The Morgan fingerprint density at radius 3 is 2.40 bits per heavy atom. The van der Waals surface area contributed by atoms with Crippen LogP contribution >= 0.6 is 0 Å². The summed E-state index contributed by atoms with van der Waals surface area (Å²) in [6.07, 6.45) is 1.10. The van der Waals surface area contributed by atoms with Crippen LogP contribution in [0.4, 0.5) is 14.5 Å². The van der Waals surface area contributed by atoms with Crippen LogP contribution < -0.4 is 10.7 Å². The first-order chi connectivity index (χ1) is 11.9. The number of rotatable bonds is 3. The van der Waals surface area contributed by atoms with Gasteiger partial charge in [0.25, 0.3) is 5.91 Å². The Morgan fingerprint density at radius 2 is 1.76 bits per heavy atom. The SMILES string of the molecule is CC(=O)c1ccc(NC(=O)c2c[nH]c3cc(F)cc(F)c3c2=O)cc1. The number of ketones is 1. The Labute approximate surface area is 140 Å². The minimum absolute atomic E-state index is 0.0372. The van der Waals surface area contributed by atoms with E-state index in [0.717, 1.165) is 12.3 Å². The smallest absolute Gasteiger partial charge is 0.261 e. The van der Waals surface area contributed by atoms with Crippen LogP contribution in [0.5, 0.6) is 0 Å². The zero-order chi connectivity index (χ0) is 18.1. The van der Waals surface area contributed by atoms with Crippen molar-refractivity contribution in [2.75, 3.05) is 5.32 Å². The second kappa shape index (κ2) is 6.27. The molecule has 25 heavy (non-hydrogen) atoms. The molecule has 2 aromatic carbocycles. The molecule has 5 nitrogen and oxygen atoms in total. The Kier molecular flexibility index (Phi) is 4.14. The topological polar surface area (TPSA) is 79.0 Å². The number of H-pyrrole nitrogens is 1. The summed E-state index contributed by atoms with van der Waals surface area (Å²) in [5.74, 6) is -2.74. The van der Waals surface area contributed by atoms with E-state index in [-0.39, 0.29) is 22.2 Å². The number of benzene rings is 2. The number of hydrogen-bond donors (Lipinski definition) is 2. The third kappa shape index (κ3) is 3.16. The summed E-state index contributed by atoms with van der Waals surface area (Å²) in [5, 5.41) is 2.11. The van der Waals surface area contributed by atoms with Crippen LogP contribution in [0.25, 0.3) is 10.9 Å². The Bertz CT molecular complexity index is 1060. The van der Waals surface area contributed by atoms with Crippen molar-refractivity contribution in [3.8, 4) is 0 Å². The molecular weight excluding hydrogens is 330 g/mol. The largest absolute Gasteiger partial charge is 0.360 e. The molecule has 7 heteroatoms. The normalized spacial score (nSPS) is 10.7. The minimum Gasteiger partial charge on any atom is -0.360 e. The van der Waals surface area contributed by atoms with E-state index in [0.29, 0.717) is 17.3 Å². The molecule has 0 fully saturated rings. The van der Waals surface area contributed by atoms with Crippen LogP contribution in [-0.4, -0.2) is 16.7 Å². The second-order valence-corrected chi connectivity index (χ2v) is 5.43. The summed E-state index contributed by atoms with van der Waals surface area (Å²) in [6, 6.07) is 7.65. The fourth-order valence-electron chi connectivity index (χ4n) is 2.42. The highest BCUT2D eigenvalue weighted by atomic mass is 19.1. The number of aromatic amines is 1. The zero-order valence-corrected chi connectivity index (χ0v) is 13.0. The maximum Gasteiger partial charge on any atom is 0.261 e. The molecule has 0 bridgehead atoms. The van der Waals surface area contributed by atoms with Crippen molar-refractivity contribution in [3.05, 3.63) is 75.6 Å². The minimum atomic E-state index is -1.04. The van der Waals surface area contributed by atoms with Gasteiger partial charge in [-0.2, -0.15) is 0 Å². The number of anilines is 1. The number of halogens is 2. The lowest BCUT2D eigenvalue weighted by Gasteiger charge is -2.07. The molecule has 2 N–H and O–H groups in total. The lowest BCUT2D eigenvalue weighted by molar-refractivity contribution is 0.101. The zero-order valence-electron chi connectivity index (χ0n) is 13.0. The van der Waals surface area contributed by atoms with Crippen molar-refractivity contribution in [3.63, 3.8) is 0 Å². The van der Waals surface area contributed by atoms with Crippen LogP contribution in [0.1, 0.15) is 27.6 Å². The highest BCUT2D eigenvalue weighted by molar-refractivity contribution is 6.06. The lowest BCUT2D eigenvalue weighted by Crippen LogP contribution is -2.22. The molecule has 126 valence electrons. The van der Waals surface area contributed by atoms with Gasteiger partial charge in [-0.15, -0.1) is 0 Å². The average molecular weight is 342 g/mol. The second-order valence-electron chi connectivity index (χ2n) is 5.43. The van der Waals surface area contributed by atoms with E-state index in [1.807, 2.05) is 0 Å². The fourth-order valence-corrected chi connectivity index (χ4v) is 2.42. The van der Waals surface area contributed by atoms with Gasteiger partial charge >= 0.3 is 0 Å². The predicted octanol–water partition coefficient (Wildman–Crippen LogP) is 3.26. The molecule has 0 saturated heterocycles. The maximum absolute atomic E-state index is 13.9. The molecule has 1 aromatic heterocycles.